The van der Waals surface area contributed by atoms with Crippen molar-refractivity contribution in [3.05, 3.63) is 45.7 Å². The Bertz CT molecular complexity index is 927. The molecule has 162 valence electrons. The number of halogens is 4. The summed E-state index contributed by atoms with van der Waals surface area (Å²) in [6.07, 6.45) is 1.41. The van der Waals surface area contributed by atoms with Crippen molar-refractivity contribution in [3.63, 3.8) is 0 Å². The van der Waals surface area contributed by atoms with E-state index in [0.29, 0.717) is 28.7 Å². The van der Waals surface area contributed by atoms with E-state index >= 15 is 0 Å². The van der Waals surface area contributed by atoms with E-state index in [1.807, 2.05) is 0 Å². The van der Waals surface area contributed by atoms with Crippen molar-refractivity contribution in [1.29, 1.82) is 0 Å². The lowest BCUT2D eigenvalue weighted by Gasteiger charge is -2.22. The van der Waals surface area contributed by atoms with Crippen LogP contribution in [0.1, 0.15) is 59.3 Å². The number of rotatable bonds is 5. The van der Waals surface area contributed by atoms with Crippen LogP contribution in [0.25, 0.3) is 0 Å². The Hall–Kier alpha value is -2.35. The molecule has 1 aromatic heterocycles. The molecule has 0 bridgehead atoms. The first-order valence-corrected chi connectivity index (χ1v) is 10.3. The predicted molar refractivity (Wildman–Crippen MR) is 110 cm³/mol. The van der Waals surface area contributed by atoms with Gasteiger partial charge in [0.2, 0.25) is 5.95 Å². The van der Waals surface area contributed by atoms with Crippen molar-refractivity contribution in [1.82, 2.24) is 15.3 Å². The maximum atomic E-state index is 13.6. The Morgan fingerprint density at radius 2 is 1.90 bits per heavy atom. The van der Waals surface area contributed by atoms with E-state index in [4.69, 9.17) is 11.6 Å². The molecule has 0 radical (unpaired) electrons. The maximum absolute atomic E-state index is 13.6. The largest absolute Gasteiger partial charge is 0.434 e. The van der Waals surface area contributed by atoms with Gasteiger partial charge in [0.25, 0.3) is 5.91 Å². The fourth-order valence-electron chi connectivity index (χ4n) is 3.67. The molecular formula is C21H24ClF3N4O. The van der Waals surface area contributed by atoms with Crippen molar-refractivity contribution in [2.75, 3.05) is 11.9 Å². The summed E-state index contributed by atoms with van der Waals surface area (Å²) in [7, 11) is 0. The van der Waals surface area contributed by atoms with Crippen molar-refractivity contribution < 1.29 is 18.0 Å². The van der Waals surface area contributed by atoms with Gasteiger partial charge in [0.15, 0.2) is 5.69 Å². The topological polar surface area (TPSA) is 66.9 Å². The predicted octanol–water partition coefficient (Wildman–Crippen LogP) is 5.82. The van der Waals surface area contributed by atoms with Crippen LogP contribution >= 0.6 is 11.6 Å². The molecule has 1 amide bonds. The summed E-state index contributed by atoms with van der Waals surface area (Å²) in [5.41, 5.74) is 0.137. The highest BCUT2D eigenvalue weighted by molar-refractivity contribution is 6.31. The van der Waals surface area contributed by atoms with Crippen molar-refractivity contribution in [2.24, 2.45) is 5.92 Å². The average Bonchev–Trinajstić information content (AvgIpc) is 2.72. The third-order valence-corrected chi connectivity index (χ3v) is 5.83. The van der Waals surface area contributed by atoms with E-state index in [2.05, 4.69) is 20.6 Å². The molecule has 1 saturated carbocycles. The van der Waals surface area contributed by atoms with Gasteiger partial charge in [0, 0.05) is 23.5 Å². The molecule has 9 heteroatoms. The first kappa shape index (κ1) is 22.3. The maximum Gasteiger partial charge on any atom is 0.434 e. The number of nitrogens with one attached hydrogen (secondary N) is 2. The number of amides is 1. The SMILES string of the molecule is Cc1ccc(Cl)c(C)c1Nc1ncc(C(=O)NCC2CCCCC2)c(C(F)(F)F)n1. The Morgan fingerprint density at radius 1 is 1.20 bits per heavy atom. The van der Waals surface area contributed by atoms with Gasteiger partial charge in [-0.3, -0.25) is 4.79 Å². The summed E-state index contributed by atoms with van der Waals surface area (Å²) in [5, 5.41) is 5.89. The van der Waals surface area contributed by atoms with Crippen LogP contribution in [0.15, 0.2) is 18.3 Å². The molecule has 0 atom stereocenters. The number of aryl methyl sites for hydroxylation is 1. The van der Waals surface area contributed by atoms with E-state index < -0.39 is 23.3 Å². The van der Waals surface area contributed by atoms with Crippen LogP contribution in [-0.4, -0.2) is 22.4 Å². The lowest BCUT2D eigenvalue weighted by molar-refractivity contribution is -0.141. The number of alkyl halides is 3. The molecule has 30 heavy (non-hydrogen) atoms. The third kappa shape index (κ3) is 5.22. The number of aromatic nitrogens is 2. The van der Waals surface area contributed by atoms with Crippen molar-refractivity contribution >= 4 is 29.1 Å². The molecule has 1 aromatic carbocycles. The fourth-order valence-corrected chi connectivity index (χ4v) is 3.83. The molecule has 0 unspecified atom stereocenters. The molecule has 0 saturated heterocycles. The standard InChI is InChI=1S/C21H24ClF3N4O/c1-12-8-9-16(22)13(2)17(12)28-20-27-11-15(18(29-20)21(23,24)25)19(30)26-10-14-6-4-3-5-7-14/h8-9,11,14H,3-7,10H2,1-2H3,(H,26,30)(H,27,28,29). The van der Waals surface area contributed by atoms with Gasteiger partial charge in [-0.1, -0.05) is 36.9 Å². The van der Waals surface area contributed by atoms with Crippen LogP contribution in [-0.2, 0) is 6.18 Å². The fraction of sp³-hybridized carbons (Fsp3) is 0.476. The smallest absolute Gasteiger partial charge is 0.352 e. The van der Waals surface area contributed by atoms with Gasteiger partial charge in [-0.2, -0.15) is 13.2 Å². The Labute approximate surface area is 178 Å². The molecule has 3 rings (SSSR count). The minimum Gasteiger partial charge on any atom is -0.352 e. The number of anilines is 2. The zero-order valence-electron chi connectivity index (χ0n) is 16.9. The first-order valence-electron chi connectivity index (χ1n) is 9.92. The minimum absolute atomic E-state index is 0.250. The molecule has 1 aliphatic rings. The molecule has 2 aromatic rings. The van der Waals surface area contributed by atoms with Crippen molar-refractivity contribution in [3.8, 4) is 0 Å². The lowest BCUT2D eigenvalue weighted by atomic mass is 9.89. The molecule has 1 aliphatic carbocycles. The molecular weight excluding hydrogens is 417 g/mol. The Balaban J connectivity index is 1.83. The summed E-state index contributed by atoms with van der Waals surface area (Å²) in [4.78, 5) is 20.0. The Kier molecular flexibility index (Phi) is 6.85. The van der Waals surface area contributed by atoms with E-state index in [9.17, 15) is 18.0 Å². The third-order valence-electron chi connectivity index (χ3n) is 5.42. The summed E-state index contributed by atoms with van der Waals surface area (Å²) < 4.78 is 40.9. The monoisotopic (exact) mass is 440 g/mol. The van der Waals surface area contributed by atoms with Gasteiger partial charge in [0.05, 0.1) is 5.56 Å². The van der Waals surface area contributed by atoms with Gasteiger partial charge in [-0.25, -0.2) is 9.97 Å². The van der Waals surface area contributed by atoms with Crippen LogP contribution in [0.5, 0.6) is 0 Å². The summed E-state index contributed by atoms with van der Waals surface area (Å²) >= 11 is 6.11. The molecule has 1 fully saturated rings. The van der Waals surface area contributed by atoms with Gasteiger partial charge in [0.1, 0.15) is 0 Å². The second kappa shape index (κ2) is 9.20. The zero-order chi connectivity index (χ0) is 21.9. The number of nitrogens with zero attached hydrogens (tertiary/aromatic N) is 2. The van der Waals surface area contributed by atoms with Crippen molar-refractivity contribution in [2.45, 2.75) is 52.1 Å². The molecule has 1 heterocycles. The highest BCUT2D eigenvalue weighted by Crippen LogP contribution is 2.33. The minimum atomic E-state index is -4.80. The normalized spacial score (nSPS) is 15.1. The van der Waals surface area contributed by atoms with Crippen LogP contribution in [0.4, 0.5) is 24.8 Å². The number of carbonyl (C=O) groups is 1. The summed E-state index contributed by atoms with van der Waals surface area (Å²) in [6, 6.07) is 3.45. The van der Waals surface area contributed by atoms with Gasteiger partial charge in [-0.05, 0) is 49.8 Å². The van der Waals surface area contributed by atoms with E-state index in [-0.39, 0.29) is 5.95 Å². The lowest BCUT2D eigenvalue weighted by Crippen LogP contribution is -2.32. The quantitative estimate of drug-likeness (QED) is 0.614. The van der Waals surface area contributed by atoms with E-state index in [0.717, 1.165) is 43.9 Å². The Morgan fingerprint density at radius 3 is 2.57 bits per heavy atom. The zero-order valence-corrected chi connectivity index (χ0v) is 17.6. The molecule has 0 aliphatic heterocycles. The summed E-state index contributed by atoms with van der Waals surface area (Å²) in [6.45, 7) is 3.90. The van der Waals surface area contributed by atoms with Gasteiger partial charge >= 0.3 is 6.18 Å². The van der Waals surface area contributed by atoms with E-state index in [1.54, 1.807) is 26.0 Å². The second-order valence-electron chi connectivity index (χ2n) is 7.66. The summed E-state index contributed by atoms with van der Waals surface area (Å²) in [5.74, 6) is -0.762. The number of carbonyl (C=O) groups excluding carboxylic acids is 1. The second-order valence-corrected chi connectivity index (χ2v) is 8.06. The van der Waals surface area contributed by atoms with Crippen LogP contribution in [0.2, 0.25) is 5.02 Å². The molecule has 5 nitrogen and oxygen atoms in total. The average molecular weight is 441 g/mol. The van der Waals surface area contributed by atoms with E-state index in [1.165, 1.54) is 0 Å². The van der Waals surface area contributed by atoms with Gasteiger partial charge < -0.3 is 10.6 Å². The van der Waals surface area contributed by atoms with Crippen LogP contribution in [0.3, 0.4) is 0 Å². The van der Waals surface area contributed by atoms with Gasteiger partial charge in [-0.15, -0.1) is 0 Å². The van der Waals surface area contributed by atoms with Crippen LogP contribution in [0, 0.1) is 19.8 Å². The highest BCUT2D eigenvalue weighted by Gasteiger charge is 2.38. The first-order chi connectivity index (χ1) is 14.2. The molecule has 0 spiro atoms. The number of hydrogen-bond donors (Lipinski definition) is 2. The number of benzene rings is 1. The highest BCUT2D eigenvalue weighted by atomic mass is 35.5. The number of hydrogen-bond acceptors (Lipinski definition) is 4. The molecule has 2 N–H and O–H groups in total. The van der Waals surface area contributed by atoms with Crippen LogP contribution < -0.4 is 10.6 Å².